The minimum Gasteiger partial charge on any atom is -0.489 e. The van der Waals surface area contributed by atoms with Gasteiger partial charge in [0.2, 0.25) is 5.78 Å². The lowest BCUT2D eigenvalue weighted by atomic mass is 10.1. The van der Waals surface area contributed by atoms with Gasteiger partial charge < -0.3 is 4.74 Å². The SMILES string of the molecule is O=C1/C(=C/c2ccc(OCc3c(F)cccc3Cl)cc2)Sc2ccccc21. The molecule has 1 aliphatic rings. The van der Waals surface area contributed by atoms with Gasteiger partial charge in [0.05, 0.1) is 9.93 Å². The zero-order valence-electron chi connectivity index (χ0n) is 14.1. The van der Waals surface area contributed by atoms with Crippen LogP contribution in [0.5, 0.6) is 5.75 Å². The van der Waals surface area contributed by atoms with Gasteiger partial charge in [-0.25, -0.2) is 4.39 Å². The number of rotatable bonds is 4. The Kier molecular flexibility index (Phi) is 5.01. The summed E-state index contributed by atoms with van der Waals surface area (Å²) >= 11 is 7.48. The Hall–Kier alpha value is -2.56. The lowest BCUT2D eigenvalue weighted by molar-refractivity contribution is 0.104. The smallest absolute Gasteiger partial charge is 0.200 e. The maximum Gasteiger partial charge on any atom is 0.200 e. The van der Waals surface area contributed by atoms with Gasteiger partial charge in [0, 0.05) is 16.0 Å². The van der Waals surface area contributed by atoms with Crippen molar-refractivity contribution in [3.63, 3.8) is 0 Å². The Morgan fingerprint density at radius 3 is 2.52 bits per heavy atom. The van der Waals surface area contributed by atoms with Crippen molar-refractivity contribution in [1.29, 1.82) is 0 Å². The van der Waals surface area contributed by atoms with Crippen LogP contribution in [0.3, 0.4) is 0 Å². The molecule has 3 aromatic carbocycles. The van der Waals surface area contributed by atoms with Gasteiger partial charge in [-0.2, -0.15) is 0 Å². The molecule has 0 bridgehead atoms. The fourth-order valence-electron chi connectivity index (χ4n) is 2.77. The Balaban J connectivity index is 1.46. The van der Waals surface area contributed by atoms with E-state index in [0.29, 0.717) is 21.2 Å². The summed E-state index contributed by atoms with van der Waals surface area (Å²) < 4.78 is 19.4. The van der Waals surface area contributed by atoms with Gasteiger partial charge in [-0.3, -0.25) is 4.79 Å². The van der Waals surface area contributed by atoms with E-state index >= 15 is 0 Å². The van der Waals surface area contributed by atoms with E-state index in [1.165, 1.54) is 17.8 Å². The maximum absolute atomic E-state index is 13.8. The van der Waals surface area contributed by atoms with E-state index in [4.69, 9.17) is 16.3 Å². The molecule has 1 aliphatic heterocycles. The fourth-order valence-corrected chi connectivity index (χ4v) is 4.04. The van der Waals surface area contributed by atoms with Crippen molar-refractivity contribution in [1.82, 2.24) is 0 Å². The van der Waals surface area contributed by atoms with Crippen LogP contribution in [0.1, 0.15) is 21.5 Å². The topological polar surface area (TPSA) is 26.3 Å². The number of carbonyl (C=O) groups is 1. The quantitative estimate of drug-likeness (QED) is 0.478. The van der Waals surface area contributed by atoms with Crippen LogP contribution in [0.2, 0.25) is 5.02 Å². The molecule has 0 aliphatic carbocycles. The summed E-state index contributed by atoms with van der Waals surface area (Å²) in [5.74, 6) is 0.260. The van der Waals surface area contributed by atoms with Crippen LogP contribution in [-0.2, 0) is 6.61 Å². The molecule has 0 atom stereocenters. The Labute approximate surface area is 165 Å². The van der Waals surface area contributed by atoms with Crippen molar-refractivity contribution < 1.29 is 13.9 Å². The Bertz CT molecular complexity index is 1020. The molecule has 0 aromatic heterocycles. The number of thioether (sulfide) groups is 1. The second-order valence-corrected chi connectivity index (χ2v) is 7.48. The normalized spacial score (nSPS) is 14.4. The molecule has 134 valence electrons. The van der Waals surface area contributed by atoms with Crippen LogP contribution < -0.4 is 4.74 Å². The van der Waals surface area contributed by atoms with Crippen molar-refractivity contribution in [3.05, 3.63) is 99.2 Å². The summed E-state index contributed by atoms with van der Waals surface area (Å²) in [6.07, 6.45) is 1.87. The zero-order chi connectivity index (χ0) is 18.8. The summed E-state index contributed by atoms with van der Waals surface area (Å²) in [4.78, 5) is 14.1. The molecular formula is C22H14ClFO2S. The molecule has 4 rings (SSSR count). The lowest BCUT2D eigenvalue weighted by Gasteiger charge is -2.09. The third-order valence-corrected chi connectivity index (χ3v) is 5.65. The van der Waals surface area contributed by atoms with Crippen LogP contribution >= 0.6 is 23.4 Å². The van der Waals surface area contributed by atoms with Crippen LogP contribution in [-0.4, -0.2) is 5.78 Å². The molecule has 0 radical (unpaired) electrons. The van der Waals surface area contributed by atoms with E-state index in [1.807, 2.05) is 42.5 Å². The van der Waals surface area contributed by atoms with E-state index in [1.54, 1.807) is 24.3 Å². The van der Waals surface area contributed by atoms with Crippen molar-refractivity contribution in [3.8, 4) is 5.75 Å². The van der Waals surface area contributed by atoms with Crippen LogP contribution in [0.4, 0.5) is 4.39 Å². The number of allylic oxidation sites excluding steroid dienone is 1. The third-order valence-electron chi connectivity index (χ3n) is 4.20. The van der Waals surface area contributed by atoms with Crippen molar-refractivity contribution in [2.45, 2.75) is 11.5 Å². The molecule has 0 saturated carbocycles. The molecule has 0 amide bonds. The first kappa shape index (κ1) is 17.8. The summed E-state index contributed by atoms with van der Waals surface area (Å²) in [6.45, 7) is 0.0512. The van der Waals surface area contributed by atoms with E-state index in [2.05, 4.69) is 0 Å². The average molecular weight is 397 g/mol. The summed E-state index contributed by atoms with van der Waals surface area (Å²) in [7, 11) is 0. The van der Waals surface area contributed by atoms with Crippen LogP contribution in [0, 0.1) is 5.82 Å². The number of halogens is 2. The summed E-state index contributed by atoms with van der Waals surface area (Å²) in [6, 6.07) is 19.4. The fraction of sp³-hybridized carbons (Fsp3) is 0.0455. The monoisotopic (exact) mass is 396 g/mol. The molecule has 3 aromatic rings. The van der Waals surface area contributed by atoms with Crippen LogP contribution in [0.15, 0.2) is 76.5 Å². The van der Waals surface area contributed by atoms with Gasteiger partial charge in [-0.05, 0) is 48.0 Å². The van der Waals surface area contributed by atoms with Crippen LogP contribution in [0.25, 0.3) is 6.08 Å². The molecule has 2 nitrogen and oxygen atoms in total. The number of benzene rings is 3. The number of hydrogen-bond acceptors (Lipinski definition) is 3. The van der Waals surface area contributed by atoms with Crippen molar-refractivity contribution in [2.24, 2.45) is 0 Å². The molecule has 0 fully saturated rings. The molecule has 0 spiro atoms. The van der Waals surface area contributed by atoms with Gasteiger partial charge in [0.1, 0.15) is 18.2 Å². The van der Waals surface area contributed by atoms with E-state index in [-0.39, 0.29) is 18.2 Å². The zero-order valence-corrected chi connectivity index (χ0v) is 15.7. The maximum atomic E-state index is 13.8. The number of Topliss-reactive ketones (excluding diaryl/α,β-unsaturated/α-hetero) is 1. The minimum atomic E-state index is -0.389. The highest BCUT2D eigenvalue weighted by Crippen LogP contribution is 2.40. The number of fused-ring (bicyclic) bond motifs is 1. The van der Waals surface area contributed by atoms with Crippen molar-refractivity contribution in [2.75, 3.05) is 0 Å². The standard InChI is InChI=1S/C22H14ClFO2S/c23-18-5-3-6-19(24)17(18)13-26-15-10-8-14(9-11-15)12-21-22(25)16-4-1-2-7-20(16)27-21/h1-12H,13H2/b21-12-. The lowest BCUT2D eigenvalue weighted by Crippen LogP contribution is -1.99. The molecule has 0 unspecified atom stereocenters. The van der Waals surface area contributed by atoms with Gasteiger partial charge in [-0.15, -0.1) is 0 Å². The number of ether oxygens (including phenoxy) is 1. The number of ketones is 1. The first-order valence-electron chi connectivity index (χ1n) is 8.31. The highest BCUT2D eigenvalue weighted by Gasteiger charge is 2.24. The first-order chi connectivity index (χ1) is 13.1. The summed E-state index contributed by atoms with van der Waals surface area (Å²) in [5, 5.41) is 0.340. The largest absolute Gasteiger partial charge is 0.489 e. The second-order valence-electron chi connectivity index (χ2n) is 5.99. The first-order valence-corrected chi connectivity index (χ1v) is 9.50. The Morgan fingerprint density at radius 1 is 1.00 bits per heavy atom. The van der Waals surface area contributed by atoms with E-state index in [0.717, 1.165) is 16.0 Å². The van der Waals surface area contributed by atoms with Crippen molar-refractivity contribution >= 4 is 35.2 Å². The highest BCUT2D eigenvalue weighted by atomic mass is 35.5. The number of hydrogen-bond donors (Lipinski definition) is 0. The number of carbonyl (C=O) groups excluding carboxylic acids is 1. The highest BCUT2D eigenvalue weighted by molar-refractivity contribution is 8.04. The Morgan fingerprint density at radius 2 is 1.78 bits per heavy atom. The molecule has 0 saturated heterocycles. The predicted molar refractivity (Wildman–Crippen MR) is 107 cm³/mol. The molecule has 27 heavy (non-hydrogen) atoms. The van der Waals surface area contributed by atoms with E-state index < -0.39 is 0 Å². The molecule has 0 N–H and O–H groups in total. The molecule has 5 heteroatoms. The van der Waals surface area contributed by atoms with Gasteiger partial charge in [0.15, 0.2) is 0 Å². The minimum absolute atomic E-state index is 0.0464. The van der Waals surface area contributed by atoms with Gasteiger partial charge in [0.25, 0.3) is 0 Å². The van der Waals surface area contributed by atoms with Gasteiger partial charge in [-0.1, -0.05) is 53.7 Å². The third kappa shape index (κ3) is 3.77. The van der Waals surface area contributed by atoms with Gasteiger partial charge >= 0.3 is 0 Å². The van der Waals surface area contributed by atoms with E-state index in [9.17, 15) is 9.18 Å². The summed E-state index contributed by atoms with van der Waals surface area (Å²) in [5.41, 5.74) is 1.97. The second kappa shape index (κ2) is 7.59. The molecule has 1 heterocycles. The predicted octanol–water partition coefficient (Wildman–Crippen LogP) is 6.39. The average Bonchev–Trinajstić information content (AvgIpc) is 2.99. The molecular weight excluding hydrogens is 383 g/mol.